The van der Waals surface area contributed by atoms with E-state index in [-0.39, 0.29) is 19.5 Å². The van der Waals surface area contributed by atoms with E-state index in [1.165, 1.54) is 12.8 Å². The summed E-state index contributed by atoms with van der Waals surface area (Å²) in [7, 11) is -4.64. The third kappa shape index (κ3) is 235. The molecule has 3 N–H and O–H groups in total. The standard InChI is InChI=1S/2C4H9.H3O4P.Zn/c2*1-3-4-2;1-5(2,3)4;/h2*1,3-4H2,2H3;(H3,1,2,3,4);/q2*-1;;+2. The summed E-state index contributed by atoms with van der Waals surface area (Å²) in [5.41, 5.74) is 0. The van der Waals surface area contributed by atoms with E-state index in [9.17, 15) is 0 Å². The van der Waals surface area contributed by atoms with Crippen LogP contribution in [-0.2, 0) is 24.0 Å². The summed E-state index contributed by atoms with van der Waals surface area (Å²) in [4.78, 5) is 21.6. The van der Waals surface area contributed by atoms with Gasteiger partial charge in [-0.2, -0.15) is 12.8 Å². The zero-order valence-electron chi connectivity index (χ0n) is 9.15. The maximum Gasteiger partial charge on any atom is 2.00 e. The van der Waals surface area contributed by atoms with Crippen molar-refractivity contribution in [1.82, 2.24) is 0 Å². The fourth-order valence-corrected chi connectivity index (χ4v) is 0. The summed E-state index contributed by atoms with van der Waals surface area (Å²) in [5.74, 6) is 0. The Morgan fingerprint density at radius 1 is 1.00 bits per heavy atom. The van der Waals surface area contributed by atoms with Crippen LogP contribution < -0.4 is 0 Å². The van der Waals surface area contributed by atoms with Gasteiger partial charge in [-0.05, 0) is 0 Å². The van der Waals surface area contributed by atoms with Gasteiger partial charge in [0.25, 0.3) is 0 Å². The van der Waals surface area contributed by atoms with Crippen LogP contribution >= 0.6 is 7.82 Å². The molecule has 0 heterocycles. The van der Waals surface area contributed by atoms with Gasteiger partial charge in [0, 0.05) is 0 Å². The Labute approximate surface area is 100 Å². The number of hydrogen-bond donors (Lipinski definition) is 3. The van der Waals surface area contributed by atoms with Crippen LogP contribution in [-0.4, -0.2) is 14.7 Å². The molecule has 4 nitrogen and oxygen atoms in total. The van der Waals surface area contributed by atoms with Crippen LogP contribution in [0.15, 0.2) is 0 Å². The molecule has 84 valence electrons. The SMILES string of the molecule is O=P(O)(O)O.[CH2-]CCC.[CH2-]CCC.[Zn+2]. The van der Waals surface area contributed by atoms with Gasteiger partial charge in [-0.15, -0.1) is 0 Å². The van der Waals surface area contributed by atoms with Crippen LogP contribution in [0.2, 0.25) is 0 Å². The van der Waals surface area contributed by atoms with Crippen LogP contribution in [0, 0.1) is 13.8 Å². The van der Waals surface area contributed by atoms with Crippen molar-refractivity contribution < 1.29 is 38.7 Å². The normalized spacial score (nSPS) is 8.50. The molecular formula is C8H21O4PZn. The van der Waals surface area contributed by atoms with E-state index in [0.717, 1.165) is 12.8 Å². The Morgan fingerprint density at radius 2 is 1.07 bits per heavy atom. The number of phosphoric acid groups is 1. The zero-order valence-corrected chi connectivity index (χ0v) is 13.0. The fourth-order valence-electron chi connectivity index (χ4n) is 0. The monoisotopic (exact) mass is 276 g/mol. The smallest absolute Gasteiger partial charge is 0.343 e. The third-order valence-electron chi connectivity index (χ3n) is 0.707. The van der Waals surface area contributed by atoms with Gasteiger partial charge in [0.2, 0.25) is 0 Å². The molecule has 0 aromatic carbocycles. The van der Waals surface area contributed by atoms with Crippen molar-refractivity contribution in [3.8, 4) is 0 Å². The van der Waals surface area contributed by atoms with Crippen LogP contribution in [0.5, 0.6) is 0 Å². The van der Waals surface area contributed by atoms with Crippen molar-refractivity contribution in [2.24, 2.45) is 0 Å². The van der Waals surface area contributed by atoms with Gasteiger partial charge in [0.1, 0.15) is 0 Å². The van der Waals surface area contributed by atoms with Crippen molar-refractivity contribution in [3.63, 3.8) is 0 Å². The van der Waals surface area contributed by atoms with Gasteiger partial charge in [0.05, 0.1) is 0 Å². The average Bonchev–Trinajstić information content (AvgIpc) is 2.01. The molecule has 0 aromatic rings. The quantitative estimate of drug-likeness (QED) is 0.411. The van der Waals surface area contributed by atoms with Gasteiger partial charge >= 0.3 is 27.3 Å². The van der Waals surface area contributed by atoms with E-state index >= 15 is 0 Å². The first kappa shape index (κ1) is 24.1. The predicted octanol–water partition coefficient (Wildman–Crippen LogP) is 2.31. The maximum absolute atomic E-state index is 8.88. The van der Waals surface area contributed by atoms with Crippen LogP contribution in [0.25, 0.3) is 0 Å². The molecule has 0 spiro atoms. The van der Waals surface area contributed by atoms with Crippen molar-refractivity contribution in [3.05, 3.63) is 13.8 Å². The molecule has 0 saturated carbocycles. The van der Waals surface area contributed by atoms with Crippen molar-refractivity contribution >= 4 is 7.82 Å². The molecular weight excluding hydrogens is 256 g/mol. The van der Waals surface area contributed by atoms with Crippen molar-refractivity contribution in [2.75, 3.05) is 0 Å². The minimum atomic E-state index is -4.64. The summed E-state index contributed by atoms with van der Waals surface area (Å²) in [6.45, 7) is 11.4. The first-order chi connectivity index (χ1) is 5.83. The average molecular weight is 278 g/mol. The van der Waals surface area contributed by atoms with E-state index in [4.69, 9.17) is 19.2 Å². The summed E-state index contributed by atoms with van der Waals surface area (Å²) in [5, 5.41) is 0. The molecule has 0 radical (unpaired) electrons. The Hall–Kier alpha value is 0.733. The van der Waals surface area contributed by atoms with Gasteiger partial charge in [-0.1, -0.05) is 26.7 Å². The van der Waals surface area contributed by atoms with Crippen LogP contribution in [0.4, 0.5) is 0 Å². The topological polar surface area (TPSA) is 77.8 Å². The molecule has 0 saturated heterocycles. The Morgan fingerprint density at radius 3 is 1.07 bits per heavy atom. The Balaban J connectivity index is -0.0000000522. The minimum Gasteiger partial charge on any atom is -0.343 e. The first-order valence-corrected chi connectivity index (χ1v) is 5.76. The fraction of sp³-hybridized carbons (Fsp3) is 0.750. The molecule has 0 bridgehead atoms. The largest absolute Gasteiger partial charge is 2.00 e. The molecule has 0 aliphatic heterocycles. The number of rotatable bonds is 2. The summed E-state index contributed by atoms with van der Waals surface area (Å²) in [6, 6.07) is 0. The molecule has 0 atom stereocenters. The Bertz CT molecular complexity index is 99.6. The molecule has 0 aliphatic rings. The van der Waals surface area contributed by atoms with Gasteiger partial charge in [0.15, 0.2) is 0 Å². The minimum absolute atomic E-state index is 0. The van der Waals surface area contributed by atoms with Gasteiger partial charge in [-0.25, -0.2) is 4.57 Å². The second-order valence-corrected chi connectivity index (χ2v) is 3.25. The molecule has 0 fully saturated rings. The molecule has 0 unspecified atom stereocenters. The molecule has 0 amide bonds. The zero-order chi connectivity index (χ0) is 11.3. The van der Waals surface area contributed by atoms with E-state index < -0.39 is 7.82 Å². The Kier molecular flexibility index (Phi) is 33.3. The molecule has 0 aliphatic carbocycles. The third-order valence-corrected chi connectivity index (χ3v) is 0.707. The maximum atomic E-state index is 8.88. The van der Waals surface area contributed by atoms with E-state index in [2.05, 4.69) is 27.7 Å². The number of hydrogen-bond acceptors (Lipinski definition) is 1. The summed E-state index contributed by atoms with van der Waals surface area (Å²) >= 11 is 0. The van der Waals surface area contributed by atoms with E-state index in [1.807, 2.05) is 0 Å². The van der Waals surface area contributed by atoms with Crippen LogP contribution in [0.1, 0.15) is 39.5 Å². The predicted molar refractivity (Wildman–Crippen MR) is 54.8 cm³/mol. The van der Waals surface area contributed by atoms with Crippen molar-refractivity contribution in [2.45, 2.75) is 39.5 Å². The van der Waals surface area contributed by atoms with E-state index in [1.54, 1.807) is 0 Å². The summed E-state index contributed by atoms with van der Waals surface area (Å²) in [6.07, 6.45) is 4.56. The molecule has 0 rings (SSSR count). The first-order valence-electron chi connectivity index (χ1n) is 4.20. The van der Waals surface area contributed by atoms with E-state index in [0.29, 0.717) is 0 Å². The molecule has 14 heavy (non-hydrogen) atoms. The number of unbranched alkanes of at least 4 members (excludes halogenated alkanes) is 2. The second kappa shape index (κ2) is 19.3. The van der Waals surface area contributed by atoms with Gasteiger partial charge < -0.3 is 28.5 Å². The van der Waals surface area contributed by atoms with Gasteiger partial charge in [-0.3, -0.25) is 0 Å². The van der Waals surface area contributed by atoms with Crippen molar-refractivity contribution in [1.29, 1.82) is 0 Å². The van der Waals surface area contributed by atoms with Crippen LogP contribution in [0.3, 0.4) is 0 Å². The molecule has 6 heteroatoms. The second-order valence-electron chi connectivity index (χ2n) is 2.22. The summed E-state index contributed by atoms with van der Waals surface area (Å²) < 4.78 is 8.88. The molecule has 0 aromatic heterocycles.